The van der Waals surface area contributed by atoms with Crippen LogP contribution in [0.2, 0.25) is 5.02 Å². The van der Waals surface area contributed by atoms with Crippen LogP contribution in [0, 0.1) is 11.7 Å². The molecule has 16 heteroatoms. The minimum Gasteiger partial charge on any atom is -0.458 e. The minimum absolute atomic E-state index is 0.0276. The molecule has 0 saturated carbocycles. The van der Waals surface area contributed by atoms with Crippen molar-refractivity contribution in [3.63, 3.8) is 0 Å². The summed E-state index contributed by atoms with van der Waals surface area (Å²) in [5.41, 5.74) is 5.65. The predicted molar refractivity (Wildman–Crippen MR) is 180 cm³/mol. The van der Waals surface area contributed by atoms with Crippen LogP contribution >= 0.6 is 11.6 Å². The molecular weight excluding hydrogens is 675 g/mol. The minimum atomic E-state index is -2.02. The molecule has 2 aromatic heterocycles. The molecule has 2 aliphatic rings. The van der Waals surface area contributed by atoms with E-state index >= 15 is 0 Å². The molecule has 268 valence electrons. The van der Waals surface area contributed by atoms with Gasteiger partial charge in [-0.2, -0.15) is 0 Å². The van der Waals surface area contributed by atoms with Gasteiger partial charge in [0.1, 0.15) is 25.2 Å². The first-order valence-corrected chi connectivity index (χ1v) is 16.6. The third kappa shape index (κ3) is 6.95. The lowest BCUT2D eigenvalue weighted by Crippen LogP contribution is -2.52. The highest BCUT2D eigenvalue weighted by molar-refractivity contribution is 6.31. The summed E-state index contributed by atoms with van der Waals surface area (Å²) in [6.45, 7) is 7.87. The molecule has 0 aliphatic carbocycles. The van der Waals surface area contributed by atoms with E-state index in [0.717, 1.165) is 6.07 Å². The van der Waals surface area contributed by atoms with Gasteiger partial charge in [0.15, 0.2) is 5.60 Å². The quantitative estimate of drug-likeness (QED) is 0.106. The van der Waals surface area contributed by atoms with Gasteiger partial charge in [0.25, 0.3) is 5.56 Å². The number of hydrogen-bond donors (Lipinski definition) is 5. The highest BCUT2D eigenvalue weighted by atomic mass is 35.5. The van der Waals surface area contributed by atoms with Gasteiger partial charge in [-0.15, -0.1) is 0 Å². The first kappa shape index (κ1) is 36.8. The normalized spacial score (nSPS) is 18.1. The van der Waals surface area contributed by atoms with Gasteiger partial charge in [0, 0.05) is 29.1 Å². The molecule has 2 aliphatic heterocycles. The van der Waals surface area contributed by atoms with Crippen LogP contribution in [0.4, 0.5) is 4.39 Å². The second-order valence-corrected chi connectivity index (χ2v) is 13.4. The first-order valence-electron chi connectivity index (χ1n) is 16.3. The number of carbonyl (C=O) groups excluding carboxylic acids is 4. The molecule has 3 amide bonds. The fourth-order valence-electron chi connectivity index (χ4n) is 6.02. The summed E-state index contributed by atoms with van der Waals surface area (Å²) >= 11 is 6.15. The van der Waals surface area contributed by atoms with Gasteiger partial charge in [-0.25, -0.2) is 14.2 Å². The van der Waals surface area contributed by atoms with Gasteiger partial charge in [0.05, 0.1) is 52.6 Å². The van der Waals surface area contributed by atoms with Crippen molar-refractivity contribution in [1.29, 1.82) is 0 Å². The van der Waals surface area contributed by atoms with Crippen molar-refractivity contribution in [2.75, 3.05) is 6.73 Å². The second-order valence-electron chi connectivity index (χ2n) is 12.9. The van der Waals surface area contributed by atoms with Gasteiger partial charge in [0.2, 0.25) is 17.7 Å². The van der Waals surface area contributed by atoms with Crippen molar-refractivity contribution >= 4 is 46.2 Å². The van der Waals surface area contributed by atoms with E-state index in [9.17, 15) is 33.5 Å². The number of cyclic esters (lactones) is 1. The van der Waals surface area contributed by atoms with Gasteiger partial charge < -0.3 is 40.8 Å². The number of nitrogens with zero attached hydrogens (tertiary/aromatic N) is 2. The molecule has 6 N–H and O–H groups in total. The molecule has 0 radical (unpaired) electrons. The molecule has 0 spiro atoms. The molecule has 5 rings (SSSR count). The summed E-state index contributed by atoms with van der Waals surface area (Å²) in [7, 11) is 0. The smallest absolute Gasteiger partial charge is 0.343 e. The van der Waals surface area contributed by atoms with Crippen molar-refractivity contribution in [3.8, 4) is 11.4 Å². The maximum absolute atomic E-state index is 14.6. The molecule has 0 bridgehead atoms. The number of amides is 3. The summed E-state index contributed by atoms with van der Waals surface area (Å²) in [5.74, 6) is -2.99. The largest absolute Gasteiger partial charge is 0.458 e. The van der Waals surface area contributed by atoms with Crippen LogP contribution in [0.25, 0.3) is 22.3 Å². The number of benzene rings is 1. The zero-order valence-electron chi connectivity index (χ0n) is 28.3. The van der Waals surface area contributed by atoms with Crippen LogP contribution in [-0.4, -0.2) is 63.3 Å². The van der Waals surface area contributed by atoms with E-state index in [1.807, 2.05) is 0 Å². The van der Waals surface area contributed by atoms with E-state index < -0.39 is 58.9 Å². The number of nitrogens with two attached hydrogens (primary N) is 1. The Morgan fingerprint density at radius 2 is 1.86 bits per heavy atom. The number of esters is 1. The Morgan fingerprint density at radius 3 is 2.54 bits per heavy atom. The Morgan fingerprint density at radius 1 is 1.14 bits per heavy atom. The lowest BCUT2D eigenvalue weighted by Gasteiger charge is -2.31. The Labute approximate surface area is 291 Å². The van der Waals surface area contributed by atoms with Crippen molar-refractivity contribution < 1.29 is 38.1 Å². The highest BCUT2D eigenvalue weighted by Gasteiger charge is 2.45. The van der Waals surface area contributed by atoms with Crippen molar-refractivity contribution in [2.45, 2.75) is 90.9 Å². The topological polar surface area (TPSA) is 204 Å². The maximum atomic E-state index is 14.6. The van der Waals surface area contributed by atoms with Crippen molar-refractivity contribution in [1.82, 2.24) is 25.5 Å². The van der Waals surface area contributed by atoms with Crippen molar-refractivity contribution in [2.24, 2.45) is 11.7 Å². The van der Waals surface area contributed by atoms with E-state index in [2.05, 4.69) is 20.9 Å². The number of nitrogens with one attached hydrogen (secondary N) is 3. The summed E-state index contributed by atoms with van der Waals surface area (Å²) in [6.07, 6.45) is -0.725. The van der Waals surface area contributed by atoms with Crippen LogP contribution in [-0.2, 0) is 53.9 Å². The molecule has 1 aromatic carbocycles. The standard InChI is InChI=1S/C34H40ClFN6O8/c1-6-34(48)22-9-26-29-20(12-42(26)32(46)21(22)13-49-33(34)47)19(18-8-23(35)24(36)10-25(18)41-29)11-38-27(43)7-16(4)50-14-39-30(44)17(5)40-31(45)28(37)15(2)3/h8-10,15-17,28,48H,6-7,11-14,37H2,1-5H3,(H,38,43)(H,39,44)(H,40,45)/t16-,17-,28-,34-/m0/s1. The summed E-state index contributed by atoms with van der Waals surface area (Å²) in [5, 5.41) is 19.4. The van der Waals surface area contributed by atoms with Crippen molar-refractivity contribution in [3.05, 3.63) is 61.6 Å². The van der Waals surface area contributed by atoms with Gasteiger partial charge in [-0.05, 0) is 43.9 Å². The fourth-order valence-corrected chi connectivity index (χ4v) is 6.19. The third-order valence-electron chi connectivity index (χ3n) is 9.17. The lowest BCUT2D eigenvalue weighted by molar-refractivity contribution is -0.172. The van der Waals surface area contributed by atoms with E-state index in [0.29, 0.717) is 27.9 Å². The highest BCUT2D eigenvalue weighted by Crippen LogP contribution is 2.40. The van der Waals surface area contributed by atoms with E-state index in [-0.39, 0.29) is 66.9 Å². The molecule has 14 nitrogen and oxygen atoms in total. The number of pyridine rings is 2. The number of halogens is 2. The maximum Gasteiger partial charge on any atom is 0.343 e. The number of fused-ring (bicyclic) bond motifs is 5. The molecule has 0 saturated heterocycles. The monoisotopic (exact) mass is 714 g/mol. The summed E-state index contributed by atoms with van der Waals surface area (Å²) < 4.78 is 26.8. The van der Waals surface area contributed by atoms with Gasteiger partial charge >= 0.3 is 5.97 Å². The number of hydrogen-bond acceptors (Lipinski definition) is 10. The number of aromatic nitrogens is 2. The molecule has 3 aromatic rings. The second kappa shape index (κ2) is 14.4. The molecule has 4 heterocycles. The number of carbonyl (C=O) groups is 4. The van der Waals surface area contributed by atoms with Gasteiger partial charge in [-0.1, -0.05) is 32.4 Å². The summed E-state index contributed by atoms with van der Waals surface area (Å²) in [4.78, 5) is 68.5. The Balaban J connectivity index is 1.31. The summed E-state index contributed by atoms with van der Waals surface area (Å²) in [6, 6.07) is 2.52. The van der Waals surface area contributed by atoms with Gasteiger partial charge in [-0.3, -0.25) is 19.2 Å². The zero-order valence-corrected chi connectivity index (χ0v) is 29.1. The van der Waals surface area contributed by atoms with Crippen LogP contribution in [0.15, 0.2) is 23.0 Å². The van der Waals surface area contributed by atoms with E-state index in [1.54, 1.807) is 33.8 Å². The lowest BCUT2D eigenvalue weighted by atomic mass is 9.86. The van der Waals surface area contributed by atoms with Crippen LogP contribution in [0.3, 0.4) is 0 Å². The first-order chi connectivity index (χ1) is 23.6. The number of ether oxygens (including phenoxy) is 2. The number of rotatable bonds is 12. The Kier molecular flexibility index (Phi) is 10.6. The third-order valence-corrected chi connectivity index (χ3v) is 9.46. The van der Waals surface area contributed by atoms with Crippen LogP contribution < -0.4 is 27.2 Å². The SMILES string of the molecule is CC[C@@]1(O)C(=O)OCc2c1cc1n(c2=O)Cc2c-1nc1cc(F)c(Cl)cc1c2CNC(=O)C[C@H](C)OCNC(=O)[C@H](C)NC(=O)[C@@H](N)C(C)C. The predicted octanol–water partition coefficient (Wildman–Crippen LogP) is 1.85. The Bertz CT molecular complexity index is 1950. The molecule has 4 atom stereocenters. The average Bonchev–Trinajstić information content (AvgIpc) is 3.43. The number of aliphatic hydroxyl groups is 1. The average molecular weight is 715 g/mol. The molecule has 0 unspecified atom stereocenters. The van der Waals surface area contributed by atoms with E-state index in [4.69, 9.17) is 26.8 Å². The molecule has 50 heavy (non-hydrogen) atoms. The fraction of sp³-hybridized carbons (Fsp3) is 0.471. The van der Waals surface area contributed by atoms with Crippen LogP contribution in [0.1, 0.15) is 69.7 Å². The Hall–Kier alpha value is -4.44. The van der Waals surface area contributed by atoms with E-state index in [1.165, 1.54) is 17.6 Å². The van der Waals surface area contributed by atoms with Crippen LogP contribution in [0.5, 0.6) is 0 Å². The molecular formula is C34H40ClFN6O8. The molecule has 0 fully saturated rings. The zero-order chi connectivity index (χ0) is 36.7.